The normalized spacial score (nSPS) is 12.9. The maximum absolute atomic E-state index is 13.9. The number of non-ortho nitro benzene ring substituents is 1. The van der Waals surface area contributed by atoms with Crippen molar-refractivity contribution in [1.29, 1.82) is 0 Å². The SMILES string of the molecule is COc1ccc([N+](=O)[O-])cc1NC(=O)[C@H](C)[NH2+][C@@H](C)c1ccc(F)cc1F. The number of hydrogen-bond donors (Lipinski definition) is 2. The zero-order valence-electron chi connectivity index (χ0n) is 15.0. The summed E-state index contributed by atoms with van der Waals surface area (Å²) in [5, 5.41) is 15.1. The molecule has 2 rings (SSSR count). The van der Waals surface area contributed by atoms with Gasteiger partial charge < -0.3 is 15.4 Å². The number of ether oxygens (including phenoxy) is 1. The Labute approximate surface area is 154 Å². The molecule has 27 heavy (non-hydrogen) atoms. The number of nitrogens with zero attached hydrogens (tertiary/aromatic N) is 1. The molecule has 0 aliphatic rings. The Kier molecular flexibility index (Phi) is 6.40. The minimum Gasteiger partial charge on any atom is -0.495 e. The van der Waals surface area contributed by atoms with E-state index in [9.17, 15) is 23.7 Å². The van der Waals surface area contributed by atoms with E-state index in [0.717, 1.165) is 12.1 Å². The second-order valence-electron chi connectivity index (χ2n) is 6.07. The van der Waals surface area contributed by atoms with Gasteiger partial charge >= 0.3 is 0 Å². The predicted molar refractivity (Wildman–Crippen MR) is 94.4 cm³/mol. The second-order valence-corrected chi connectivity index (χ2v) is 6.07. The molecule has 1 amide bonds. The summed E-state index contributed by atoms with van der Waals surface area (Å²) in [5.41, 5.74) is 0.242. The molecule has 7 nitrogen and oxygen atoms in total. The Hall–Kier alpha value is -3.07. The van der Waals surface area contributed by atoms with E-state index in [4.69, 9.17) is 4.74 Å². The van der Waals surface area contributed by atoms with Crippen molar-refractivity contribution < 1.29 is 28.6 Å². The Balaban J connectivity index is 2.11. The predicted octanol–water partition coefficient (Wildman–Crippen LogP) is 2.53. The third-order valence-electron chi connectivity index (χ3n) is 4.10. The van der Waals surface area contributed by atoms with E-state index in [2.05, 4.69) is 5.32 Å². The fourth-order valence-corrected chi connectivity index (χ4v) is 2.65. The highest BCUT2D eigenvalue weighted by molar-refractivity contribution is 5.95. The maximum Gasteiger partial charge on any atom is 0.282 e. The highest BCUT2D eigenvalue weighted by atomic mass is 19.1. The first kappa shape index (κ1) is 20.2. The summed E-state index contributed by atoms with van der Waals surface area (Å²) in [5.74, 6) is -1.53. The second kappa shape index (κ2) is 8.54. The van der Waals surface area contributed by atoms with Crippen LogP contribution in [0.15, 0.2) is 36.4 Å². The molecule has 2 atom stereocenters. The molecule has 0 unspecified atom stereocenters. The van der Waals surface area contributed by atoms with Gasteiger partial charge in [0.15, 0.2) is 6.04 Å². The van der Waals surface area contributed by atoms with Crippen LogP contribution in [0.5, 0.6) is 5.75 Å². The van der Waals surface area contributed by atoms with Crippen LogP contribution in [0.2, 0.25) is 0 Å². The molecule has 0 saturated heterocycles. The van der Waals surface area contributed by atoms with Gasteiger partial charge in [0, 0.05) is 23.8 Å². The number of nitrogens with two attached hydrogens (primary N) is 1. The third-order valence-corrected chi connectivity index (χ3v) is 4.10. The summed E-state index contributed by atoms with van der Waals surface area (Å²) in [4.78, 5) is 22.8. The van der Waals surface area contributed by atoms with Gasteiger partial charge in [0.25, 0.3) is 11.6 Å². The zero-order chi connectivity index (χ0) is 20.1. The Bertz CT molecular complexity index is 860. The fourth-order valence-electron chi connectivity index (χ4n) is 2.65. The van der Waals surface area contributed by atoms with Gasteiger partial charge in [0.05, 0.1) is 17.7 Å². The molecule has 2 aromatic rings. The molecule has 9 heteroatoms. The Morgan fingerprint density at radius 2 is 1.93 bits per heavy atom. The van der Waals surface area contributed by atoms with Crippen molar-refractivity contribution in [3.05, 3.63) is 63.7 Å². The van der Waals surface area contributed by atoms with Crippen molar-refractivity contribution in [3.8, 4) is 5.75 Å². The number of carbonyl (C=O) groups excluding carboxylic acids is 1. The number of amides is 1. The fraction of sp³-hybridized carbons (Fsp3) is 0.278. The van der Waals surface area contributed by atoms with Crippen LogP contribution in [0.4, 0.5) is 20.2 Å². The lowest BCUT2D eigenvalue weighted by Crippen LogP contribution is -2.91. The maximum atomic E-state index is 13.9. The number of anilines is 1. The molecule has 144 valence electrons. The average molecular weight is 380 g/mol. The topological polar surface area (TPSA) is 98.1 Å². The number of carbonyl (C=O) groups is 1. The van der Waals surface area contributed by atoms with Crippen LogP contribution in [0.3, 0.4) is 0 Å². The number of hydrogen-bond acceptors (Lipinski definition) is 4. The number of nitrogens with one attached hydrogen (secondary N) is 1. The molecule has 0 aliphatic heterocycles. The first-order chi connectivity index (χ1) is 12.7. The number of rotatable bonds is 7. The molecule has 2 aromatic carbocycles. The van der Waals surface area contributed by atoms with Crippen LogP contribution in [0, 0.1) is 21.7 Å². The van der Waals surface area contributed by atoms with Crippen molar-refractivity contribution in [2.24, 2.45) is 0 Å². The summed E-state index contributed by atoms with van der Waals surface area (Å²) in [6.45, 7) is 3.30. The van der Waals surface area contributed by atoms with Crippen LogP contribution >= 0.6 is 0 Å². The van der Waals surface area contributed by atoms with Crippen LogP contribution in [-0.2, 0) is 4.79 Å². The van der Waals surface area contributed by atoms with E-state index in [1.54, 1.807) is 19.2 Å². The van der Waals surface area contributed by atoms with Gasteiger partial charge in [-0.05, 0) is 32.0 Å². The number of benzene rings is 2. The molecule has 0 aliphatic carbocycles. The standard InChI is InChI=1S/C18H19F2N3O4/c1-10(14-6-4-12(19)8-15(14)20)21-11(2)18(24)22-16-9-13(23(25)26)5-7-17(16)27-3/h4-11,21H,1-3H3,(H,22,24)/p+1/t10-,11-/m0/s1. The lowest BCUT2D eigenvalue weighted by Gasteiger charge is -2.18. The van der Waals surface area contributed by atoms with Crippen LogP contribution < -0.4 is 15.4 Å². The quantitative estimate of drug-likeness (QED) is 0.570. The van der Waals surface area contributed by atoms with Crippen molar-refractivity contribution in [3.63, 3.8) is 0 Å². The number of methoxy groups -OCH3 is 1. The summed E-state index contributed by atoms with van der Waals surface area (Å²) < 4.78 is 32.0. The van der Waals surface area contributed by atoms with Crippen molar-refractivity contribution >= 4 is 17.3 Å². The first-order valence-corrected chi connectivity index (χ1v) is 8.16. The van der Waals surface area contributed by atoms with Gasteiger partial charge in [-0.3, -0.25) is 14.9 Å². The number of nitro groups is 1. The lowest BCUT2D eigenvalue weighted by atomic mass is 10.1. The van der Waals surface area contributed by atoms with Gasteiger partial charge in [-0.2, -0.15) is 0 Å². The molecular weight excluding hydrogens is 360 g/mol. The van der Waals surface area contributed by atoms with E-state index in [0.29, 0.717) is 0 Å². The highest BCUT2D eigenvalue weighted by Crippen LogP contribution is 2.28. The minimum absolute atomic E-state index is 0.164. The monoisotopic (exact) mass is 380 g/mol. The Morgan fingerprint density at radius 1 is 1.22 bits per heavy atom. The van der Waals surface area contributed by atoms with E-state index in [-0.39, 0.29) is 22.7 Å². The zero-order valence-corrected chi connectivity index (χ0v) is 15.0. The molecule has 0 heterocycles. The molecule has 0 fully saturated rings. The van der Waals surface area contributed by atoms with Crippen LogP contribution in [-0.4, -0.2) is 24.0 Å². The molecule has 0 aromatic heterocycles. The van der Waals surface area contributed by atoms with E-state index in [1.807, 2.05) is 0 Å². The average Bonchev–Trinajstić information content (AvgIpc) is 2.61. The molecular formula is C18H20F2N3O4+. The summed E-state index contributed by atoms with van der Waals surface area (Å²) >= 11 is 0. The lowest BCUT2D eigenvalue weighted by molar-refractivity contribution is -0.710. The minimum atomic E-state index is -0.688. The van der Waals surface area contributed by atoms with Gasteiger partial charge in [-0.15, -0.1) is 0 Å². The van der Waals surface area contributed by atoms with Crippen LogP contribution in [0.1, 0.15) is 25.5 Å². The summed E-state index contributed by atoms with van der Waals surface area (Å²) in [7, 11) is 1.38. The number of quaternary nitrogens is 1. The van der Waals surface area contributed by atoms with E-state index in [1.165, 1.54) is 31.4 Å². The molecule has 0 spiro atoms. The van der Waals surface area contributed by atoms with Gasteiger partial charge in [0.2, 0.25) is 0 Å². The molecule has 3 N–H and O–H groups in total. The van der Waals surface area contributed by atoms with E-state index < -0.39 is 34.5 Å². The number of nitro benzene ring substituents is 1. The van der Waals surface area contributed by atoms with Gasteiger partial charge in [0.1, 0.15) is 23.4 Å². The van der Waals surface area contributed by atoms with E-state index >= 15 is 0 Å². The Morgan fingerprint density at radius 3 is 2.52 bits per heavy atom. The van der Waals surface area contributed by atoms with Gasteiger partial charge in [-0.25, -0.2) is 8.78 Å². The van der Waals surface area contributed by atoms with Crippen molar-refractivity contribution in [2.75, 3.05) is 12.4 Å². The van der Waals surface area contributed by atoms with Crippen molar-refractivity contribution in [1.82, 2.24) is 0 Å². The van der Waals surface area contributed by atoms with Crippen LogP contribution in [0.25, 0.3) is 0 Å². The molecule has 0 saturated carbocycles. The first-order valence-electron chi connectivity index (χ1n) is 8.16. The third kappa shape index (κ3) is 4.98. The van der Waals surface area contributed by atoms with Gasteiger partial charge in [-0.1, -0.05) is 0 Å². The molecule has 0 radical (unpaired) electrons. The largest absolute Gasteiger partial charge is 0.495 e. The van der Waals surface area contributed by atoms with Crippen molar-refractivity contribution in [2.45, 2.75) is 25.9 Å². The number of halogens is 2. The summed E-state index contributed by atoms with van der Waals surface area (Å²) in [6, 6.07) is 6.04. The molecule has 0 bridgehead atoms. The highest BCUT2D eigenvalue weighted by Gasteiger charge is 2.24. The summed E-state index contributed by atoms with van der Waals surface area (Å²) in [6.07, 6.45) is 0. The smallest absolute Gasteiger partial charge is 0.282 e.